The monoisotopic (exact) mass is 463 g/mol. The molecule has 3 atom stereocenters. The van der Waals surface area contributed by atoms with Crippen LogP contribution in [0.5, 0.6) is 0 Å². The highest BCUT2D eigenvalue weighted by Gasteiger charge is 2.28. The van der Waals surface area contributed by atoms with Crippen LogP contribution in [0.3, 0.4) is 0 Å². The van der Waals surface area contributed by atoms with E-state index in [4.69, 9.17) is 25.7 Å². The molecule has 1 fully saturated rings. The van der Waals surface area contributed by atoms with Crippen molar-refractivity contribution in [3.63, 3.8) is 0 Å². The summed E-state index contributed by atoms with van der Waals surface area (Å²) in [4.78, 5) is 24.6. The van der Waals surface area contributed by atoms with Gasteiger partial charge in [0.15, 0.2) is 12.2 Å². The Morgan fingerprint density at radius 1 is 1.41 bits per heavy atom. The smallest absolute Gasteiger partial charge is 0.351 e. The van der Waals surface area contributed by atoms with Crippen LogP contribution in [0.1, 0.15) is 20.1 Å². The number of hydrogen-bond acceptors (Lipinski definition) is 10. The predicted octanol–water partition coefficient (Wildman–Crippen LogP) is 0.127. The number of imidazole rings is 1. The zero-order valence-corrected chi connectivity index (χ0v) is 18.8. The van der Waals surface area contributed by atoms with Crippen LogP contribution in [0.2, 0.25) is 0 Å². The lowest BCUT2D eigenvalue weighted by Gasteiger charge is -2.14. The van der Waals surface area contributed by atoms with E-state index < -0.39 is 11.9 Å². The molecule has 13 heteroatoms. The molecule has 0 unspecified atom stereocenters. The summed E-state index contributed by atoms with van der Waals surface area (Å²) in [5.41, 5.74) is 12.5. The minimum atomic E-state index is -0.435. The van der Waals surface area contributed by atoms with Gasteiger partial charge in [-0.2, -0.15) is 4.98 Å². The zero-order valence-electron chi connectivity index (χ0n) is 18.0. The number of nitrogens with two attached hydrogens (primary N) is 2. The van der Waals surface area contributed by atoms with Gasteiger partial charge in [0, 0.05) is 18.6 Å². The summed E-state index contributed by atoms with van der Waals surface area (Å²) in [5, 5.41) is 0. The highest BCUT2D eigenvalue weighted by Crippen LogP contribution is 2.31. The number of fused-ring (bicyclic) bond motifs is 1. The van der Waals surface area contributed by atoms with E-state index in [1.807, 2.05) is 18.4 Å². The fourth-order valence-corrected chi connectivity index (χ4v) is 4.45. The molecule has 0 aliphatic carbocycles. The number of anilines is 2. The van der Waals surface area contributed by atoms with E-state index in [1.54, 1.807) is 41.2 Å². The highest BCUT2D eigenvalue weighted by molar-refractivity contribution is 8.00. The van der Waals surface area contributed by atoms with Crippen LogP contribution < -0.4 is 21.7 Å². The average molecular weight is 464 g/mol. The van der Waals surface area contributed by atoms with E-state index in [2.05, 4.69) is 15.0 Å². The molecule has 0 spiro atoms. The third kappa shape index (κ3) is 4.85. The van der Waals surface area contributed by atoms with Crippen molar-refractivity contribution in [2.45, 2.75) is 44.9 Å². The average Bonchev–Trinajstić information content (AvgIpc) is 3.38. The zero-order chi connectivity index (χ0) is 22.7. The van der Waals surface area contributed by atoms with Crippen LogP contribution in [0.25, 0.3) is 11.2 Å². The van der Waals surface area contributed by atoms with Gasteiger partial charge in [0.05, 0.1) is 25.6 Å². The van der Waals surface area contributed by atoms with Gasteiger partial charge < -0.3 is 25.7 Å². The van der Waals surface area contributed by atoms with Gasteiger partial charge >= 0.3 is 5.69 Å². The summed E-state index contributed by atoms with van der Waals surface area (Å²) >= 11 is 1.56. The van der Waals surface area contributed by atoms with Crippen LogP contribution in [0.15, 0.2) is 29.7 Å². The molecule has 0 aromatic carbocycles. The van der Waals surface area contributed by atoms with Crippen LogP contribution >= 0.6 is 11.8 Å². The molecule has 12 nitrogen and oxygen atoms in total. The van der Waals surface area contributed by atoms with Crippen molar-refractivity contribution in [3.05, 3.63) is 35.4 Å². The number of aromatic nitrogens is 6. The Balaban J connectivity index is 1.34. The molecule has 0 saturated carbocycles. The van der Waals surface area contributed by atoms with Crippen LogP contribution in [-0.4, -0.2) is 54.6 Å². The summed E-state index contributed by atoms with van der Waals surface area (Å²) in [5.74, 6) is 1.26. The minimum absolute atomic E-state index is 0.0451. The summed E-state index contributed by atoms with van der Waals surface area (Å²) < 4.78 is 22.3. The molecular formula is C19H27N8O4S+. The third-order valence-corrected chi connectivity index (χ3v) is 6.06. The number of nitrogen functional groups attached to an aromatic ring is 2. The Labute approximate surface area is 188 Å². The Morgan fingerprint density at radius 3 is 3.03 bits per heavy atom. The molecule has 4 heterocycles. The number of rotatable bonds is 9. The van der Waals surface area contributed by atoms with E-state index >= 15 is 0 Å². The van der Waals surface area contributed by atoms with Gasteiger partial charge in [-0.25, -0.2) is 14.3 Å². The van der Waals surface area contributed by atoms with Crippen molar-refractivity contribution in [1.29, 1.82) is 0 Å². The Bertz CT molecular complexity index is 1140. The summed E-state index contributed by atoms with van der Waals surface area (Å²) in [7, 11) is 0. The lowest BCUT2D eigenvalue weighted by atomic mass is 10.4. The van der Waals surface area contributed by atoms with Crippen LogP contribution in [0.4, 0.5) is 11.6 Å². The standard InChI is InChI=1S/C19H26N8O4S/c1-3-30-12(2)6-25-9-22-16-17(21)26(10-23-18(16)25)11-29-7-15-31-14(8-32-15)27-5-4-13(20)24-19(27)28/h4-5,9-10,12,14-15,21H,3,6-8,11H2,1-2H3,(H2,20,24,28)/p+1/t12-,14-,15+/m1/s1. The van der Waals surface area contributed by atoms with Gasteiger partial charge in [0.2, 0.25) is 12.0 Å². The van der Waals surface area contributed by atoms with Gasteiger partial charge in [0.25, 0.3) is 5.82 Å². The molecule has 3 aromatic rings. The van der Waals surface area contributed by atoms with Gasteiger partial charge in [-0.3, -0.25) is 9.13 Å². The fourth-order valence-electron chi connectivity index (χ4n) is 3.43. The molecule has 3 aromatic heterocycles. The second kappa shape index (κ2) is 9.81. The molecule has 0 bridgehead atoms. The van der Waals surface area contributed by atoms with Crippen molar-refractivity contribution in [3.8, 4) is 0 Å². The van der Waals surface area contributed by atoms with Gasteiger partial charge in [-0.1, -0.05) is 4.98 Å². The molecule has 1 saturated heterocycles. The second-order valence-corrected chi connectivity index (χ2v) is 8.52. The molecular weight excluding hydrogens is 436 g/mol. The highest BCUT2D eigenvalue weighted by atomic mass is 32.2. The first-order chi connectivity index (χ1) is 15.5. The summed E-state index contributed by atoms with van der Waals surface area (Å²) in [6, 6.07) is 1.57. The van der Waals surface area contributed by atoms with E-state index in [0.717, 1.165) is 0 Å². The number of nitrogens with zero attached hydrogens (tertiary/aromatic N) is 6. The molecule has 1 aliphatic rings. The molecule has 4 rings (SSSR count). The quantitative estimate of drug-likeness (QED) is 0.419. The first-order valence-corrected chi connectivity index (χ1v) is 11.3. The summed E-state index contributed by atoms with van der Waals surface area (Å²) in [6.07, 6.45) is 4.57. The fraction of sp³-hybridized carbons (Fsp3) is 0.526. The first kappa shape index (κ1) is 22.5. The minimum Gasteiger partial charge on any atom is -0.383 e. The largest absolute Gasteiger partial charge is 0.383 e. The first-order valence-electron chi connectivity index (χ1n) is 10.3. The van der Waals surface area contributed by atoms with Crippen molar-refractivity contribution >= 4 is 34.6 Å². The maximum absolute atomic E-state index is 12.0. The lowest BCUT2D eigenvalue weighted by Crippen LogP contribution is -2.40. The normalized spacial score (nSPS) is 19.6. The number of ether oxygens (including phenoxy) is 3. The molecule has 0 radical (unpaired) electrons. The molecule has 1 aliphatic heterocycles. The topological polar surface area (TPSA) is 149 Å². The Morgan fingerprint density at radius 2 is 2.25 bits per heavy atom. The molecule has 172 valence electrons. The second-order valence-electron chi connectivity index (χ2n) is 7.33. The number of thioether (sulfide) groups is 1. The molecule has 32 heavy (non-hydrogen) atoms. The van der Waals surface area contributed by atoms with E-state index in [0.29, 0.717) is 42.5 Å². The Hall–Kier alpha value is -2.74. The van der Waals surface area contributed by atoms with Crippen molar-refractivity contribution in [1.82, 2.24) is 24.1 Å². The van der Waals surface area contributed by atoms with Gasteiger partial charge in [0.1, 0.15) is 17.5 Å². The third-order valence-electron chi connectivity index (χ3n) is 4.97. The Kier molecular flexibility index (Phi) is 6.89. The summed E-state index contributed by atoms with van der Waals surface area (Å²) in [6.45, 7) is 5.78. The van der Waals surface area contributed by atoms with Gasteiger partial charge in [-0.05, 0) is 19.9 Å². The number of hydrogen-bond donors (Lipinski definition) is 2. The maximum Gasteiger partial charge on any atom is 0.351 e. The van der Waals surface area contributed by atoms with Crippen LogP contribution in [-0.2, 0) is 27.5 Å². The van der Waals surface area contributed by atoms with Crippen LogP contribution in [0, 0.1) is 0 Å². The maximum atomic E-state index is 12.0. The van der Waals surface area contributed by atoms with E-state index in [9.17, 15) is 4.79 Å². The molecule has 0 amide bonds. The SMILES string of the molecule is CCO[C@H](C)Cn1cnc2c(N)[n+](COC[C@H]3O[C@@H](n4ccc(N)nc4=O)CS3)cnc21. The lowest BCUT2D eigenvalue weighted by molar-refractivity contribution is -0.721. The van der Waals surface area contributed by atoms with Gasteiger partial charge in [-0.15, -0.1) is 11.8 Å². The predicted molar refractivity (Wildman–Crippen MR) is 118 cm³/mol. The van der Waals surface area contributed by atoms with Crippen molar-refractivity contribution < 1.29 is 18.8 Å². The van der Waals surface area contributed by atoms with E-state index in [1.165, 1.54) is 4.57 Å². The molecule has 4 N–H and O–H groups in total. The van der Waals surface area contributed by atoms with Crippen molar-refractivity contribution in [2.75, 3.05) is 30.4 Å². The van der Waals surface area contributed by atoms with E-state index in [-0.39, 0.29) is 24.1 Å². The van der Waals surface area contributed by atoms with Crippen molar-refractivity contribution in [2.24, 2.45) is 0 Å².